The lowest BCUT2D eigenvalue weighted by Gasteiger charge is -2.09. The summed E-state index contributed by atoms with van der Waals surface area (Å²) in [5.74, 6) is -0.330. The highest BCUT2D eigenvalue weighted by molar-refractivity contribution is 4.98. The highest BCUT2D eigenvalue weighted by atomic mass is 16.7. The molecule has 1 aliphatic heterocycles. The van der Waals surface area contributed by atoms with Gasteiger partial charge in [-0.05, 0) is 18.9 Å². The zero-order valence-corrected chi connectivity index (χ0v) is 8.42. The van der Waals surface area contributed by atoms with Crippen molar-refractivity contribution >= 4 is 0 Å². The third kappa shape index (κ3) is 3.10. The molecule has 0 aromatic carbocycles. The molecule has 0 aromatic heterocycles. The first-order valence-corrected chi connectivity index (χ1v) is 4.80. The molecule has 0 bridgehead atoms. The Hall–Kier alpha value is -0.380. The van der Waals surface area contributed by atoms with Gasteiger partial charge in [-0.25, -0.2) is 0 Å². The van der Waals surface area contributed by atoms with Crippen molar-refractivity contribution in [1.29, 1.82) is 0 Å². The lowest BCUT2D eigenvalue weighted by atomic mass is 10.2. The van der Waals surface area contributed by atoms with E-state index in [0.717, 1.165) is 13.0 Å². The zero-order chi connectivity index (χ0) is 9.90. The second-order valence-electron chi connectivity index (χ2n) is 4.00. The maximum absolute atomic E-state index is 9.70. The number of hydrogen-bond donors (Lipinski definition) is 2. The fourth-order valence-electron chi connectivity index (χ4n) is 1.29. The van der Waals surface area contributed by atoms with Gasteiger partial charge >= 0.3 is 0 Å². The van der Waals surface area contributed by atoms with Gasteiger partial charge in [-0.3, -0.25) is 0 Å². The van der Waals surface area contributed by atoms with Crippen molar-refractivity contribution in [2.45, 2.75) is 32.2 Å². The van der Waals surface area contributed by atoms with Gasteiger partial charge in [0.1, 0.15) is 6.10 Å². The van der Waals surface area contributed by atoms with Crippen molar-refractivity contribution in [2.75, 3.05) is 13.1 Å². The molecule has 1 rings (SSSR count). The fourth-order valence-corrected chi connectivity index (χ4v) is 1.29. The van der Waals surface area contributed by atoms with Crippen LogP contribution in [0.5, 0.6) is 0 Å². The van der Waals surface area contributed by atoms with E-state index in [1.54, 1.807) is 6.08 Å². The second kappa shape index (κ2) is 4.22. The number of ether oxygens (including phenoxy) is 1. The second-order valence-corrected chi connectivity index (χ2v) is 4.00. The predicted molar refractivity (Wildman–Crippen MR) is 52.3 cm³/mol. The molecule has 3 heteroatoms. The third-order valence-electron chi connectivity index (χ3n) is 2.10. The molecule has 2 atom stereocenters. The molecule has 1 fully saturated rings. The quantitative estimate of drug-likeness (QED) is 0.477. The zero-order valence-electron chi connectivity index (χ0n) is 8.42. The van der Waals surface area contributed by atoms with Crippen molar-refractivity contribution in [3.63, 3.8) is 0 Å². The molecular formula is C10H19NO2. The minimum Gasteiger partial charge on any atom is -0.362 e. The lowest BCUT2D eigenvalue weighted by Crippen LogP contribution is -2.33. The number of nitrogens with one attached hydrogen (secondary N) is 1. The molecule has 76 valence electrons. The minimum absolute atomic E-state index is 0.0512. The highest BCUT2D eigenvalue weighted by Gasteiger charge is 2.53. The van der Waals surface area contributed by atoms with Gasteiger partial charge in [-0.15, -0.1) is 6.58 Å². The fraction of sp³-hybridized carbons (Fsp3) is 0.800. The van der Waals surface area contributed by atoms with E-state index in [1.807, 2.05) is 0 Å². The van der Waals surface area contributed by atoms with E-state index in [0.29, 0.717) is 12.5 Å². The number of hydrogen-bond acceptors (Lipinski definition) is 3. The van der Waals surface area contributed by atoms with Crippen LogP contribution in [-0.4, -0.2) is 30.1 Å². The van der Waals surface area contributed by atoms with E-state index in [9.17, 15) is 5.11 Å². The molecule has 1 heterocycles. The van der Waals surface area contributed by atoms with E-state index in [2.05, 4.69) is 25.7 Å². The van der Waals surface area contributed by atoms with Gasteiger partial charge in [0.2, 0.25) is 5.79 Å². The summed E-state index contributed by atoms with van der Waals surface area (Å²) in [6, 6.07) is 0. The molecule has 2 N–H and O–H groups in total. The van der Waals surface area contributed by atoms with Crippen LogP contribution in [0.1, 0.15) is 20.3 Å². The Morgan fingerprint density at radius 3 is 2.92 bits per heavy atom. The molecule has 13 heavy (non-hydrogen) atoms. The van der Waals surface area contributed by atoms with Gasteiger partial charge in [0.05, 0.1) is 6.54 Å². The summed E-state index contributed by atoms with van der Waals surface area (Å²) in [5, 5.41) is 12.9. The molecule has 1 aliphatic rings. The molecule has 0 unspecified atom stereocenters. The molecular weight excluding hydrogens is 166 g/mol. The Kier molecular flexibility index (Phi) is 3.47. The first-order valence-electron chi connectivity index (χ1n) is 4.80. The Morgan fingerprint density at radius 2 is 2.38 bits per heavy atom. The molecule has 0 aromatic rings. The largest absolute Gasteiger partial charge is 0.362 e. The van der Waals surface area contributed by atoms with Crippen LogP contribution in [0.4, 0.5) is 0 Å². The molecule has 0 radical (unpaired) electrons. The molecule has 1 saturated heterocycles. The SMILES string of the molecule is C=CC[C@@H]1O[C@@]1(O)CNCC(C)C. The van der Waals surface area contributed by atoms with Crippen molar-refractivity contribution in [3.8, 4) is 0 Å². The number of epoxide rings is 1. The maximum atomic E-state index is 9.70. The Labute approximate surface area is 79.8 Å². The smallest absolute Gasteiger partial charge is 0.206 e. The van der Waals surface area contributed by atoms with Gasteiger partial charge in [0, 0.05) is 0 Å². The summed E-state index contributed by atoms with van der Waals surface area (Å²) < 4.78 is 5.15. The van der Waals surface area contributed by atoms with Gasteiger partial charge < -0.3 is 15.2 Å². The molecule has 0 spiro atoms. The van der Waals surface area contributed by atoms with Gasteiger partial charge in [0.25, 0.3) is 0 Å². The Bertz CT molecular complexity index is 182. The van der Waals surface area contributed by atoms with Crippen LogP contribution in [0.25, 0.3) is 0 Å². The standard InChI is InChI=1S/C10H19NO2/c1-4-5-9-10(12,13-9)7-11-6-8(2)3/h4,8-9,11-12H,1,5-7H2,2-3H3/t9-,10-/m0/s1. The average Bonchev–Trinajstić information content (AvgIpc) is 2.62. The summed E-state index contributed by atoms with van der Waals surface area (Å²) in [4.78, 5) is 0. The molecule has 0 saturated carbocycles. The van der Waals surface area contributed by atoms with Gasteiger partial charge in [0.15, 0.2) is 0 Å². The van der Waals surface area contributed by atoms with Crippen LogP contribution in [0, 0.1) is 5.92 Å². The van der Waals surface area contributed by atoms with Gasteiger partial charge in [-0.1, -0.05) is 19.9 Å². The third-order valence-corrected chi connectivity index (χ3v) is 2.10. The summed E-state index contributed by atoms with van der Waals surface area (Å²) in [6.45, 7) is 9.29. The van der Waals surface area contributed by atoms with Crippen molar-refractivity contribution < 1.29 is 9.84 Å². The van der Waals surface area contributed by atoms with Crippen LogP contribution < -0.4 is 5.32 Å². The van der Waals surface area contributed by atoms with E-state index in [1.165, 1.54) is 0 Å². The number of aliphatic hydroxyl groups is 1. The normalized spacial score (nSPS) is 32.2. The first kappa shape index (κ1) is 10.7. The minimum atomic E-state index is -0.928. The summed E-state index contributed by atoms with van der Waals surface area (Å²) in [7, 11) is 0. The van der Waals surface area contributed by atoms with Crippen molar-refractivity contribution in [3.05, 3.63) is 12.7 Å². The average molecular weight is 185 g/mol. The van der Waals surface area contributed by atoms with Crippen LogP contribution in [-0.2, 0) is 4.74 Å². The topological polar surface area (TPSA) is 44.8 Å². The Morgan fingerprint density at radius 1 is 1.69 bits per heavy atom. The summed E-state index contributed by atoms with van der Waals surface area (Å²) in [6.07, 6.45) is 2.44. The van der Waals surface area contributed by atoms with E-state index < -0.39 is 5.79 Å². The van der Waals surface area contributed by atoms with E-state index in [4.69, 9.17) is 4.74 Å². The van der Waals surface area contributed by atoms with Crippen molar-refractivity contribution in [2.24, 2.45) is 5.92 Å². The monoisotopic (exact) mass is 185 g/mol. The summed E-state index contributed by atoms with van der Waals surface area (Å²) >= 11 is 0. The number of rotatable bonds is 6. The van der Waals surface area contributed by atoms with E-state index in [-0.39, 0.29) is 6.10 Å². The maximum Gasteiger partial charge on any atom is 0.206 e. The lowest BCUT2D eigenvalue weighted by molar-refractivity contribution is 0.0365. The van der Waals surface area contributed by atoms with E-state index >= 15 is 0 Å². The molecule has 0 amide bonds. The van der Waals surface area contributed by atoms with Crippen LogP contribution in [0.15, 0.2) is 12.7 Å². The predicted octanol–water partition coefficient (Wildman–Crippen LogP) is 0.895. The van der Waals surface area contributed by atoms with Gasteiger partial charge in [-0.2, -0.15) is 0 Å². The van der Waals surface area contributed by atoms with Crippen LogP contribution >= 0.6 is 0 Å². The van der Waals surface area contributed by atoms with Crippen LogP contribution in [0.2, 0.25) is 0 Å². The molecule has 0 aliphatic carbocycles. The highest BCUT2D eigenvalue weighted by Crippen LogP contribution is 2.35. The van der Waals surface area contributed by atoms with Crippen molar-refractivity contribution in [1.82, 2.24) is 5.32 Å². The van der Waals surface area contributed by atoms with Crippen LogP contribution in [0.3, 0.4) is 0 Å². The Balaban J connectivity index is 2.12. The molecule has 3 nitrogen and oxygen atoms in total. The summed E-state index contributed by atoms with van der Waals surface area (Å²) in [5.41, 5.74) is 0. The first-order chi connectivity index (χ1) is 6.08.